The molecule has 4 heteroatoms. The summed E-state index contributed by atoms with van der Waals surface area (Å²) in [5.41, 5.74) is 0.0243. The van der Waals surface area contributed by atoms with Crippen LogP contribution in [0.15, 0.2) is 0 Å². The van der Waals surface area contributed by atoms with Crippen molar-refractivity contribution in [2.24, 2.45) is 5.92 Å². The second kappa shape index (κ2) is 3.75. The van der Waals surface area contributed by atoms with E-state index in [9.17, 15) is 9.59 Å². The van der Waals surface area contributed by atoms with E-state index < -0.39 is 0 Å². The molecule has 1 unspecified atom stereocenters. The summed E-state index contributed by atoms with van der Waals surface area (Å²) in [5.74, 6) is 0.249. The van der Waals surface area contributed by atoms with E-state index in [4.69, 9.17) is 0 Å². The van der Waals surface area contributed by atoms with Gasteiger partial charge in [-0.1, -0.05) is 13.8 Å². The molecule has 2 fully saturated rings. The van der Waals surface area contributed by atoms with Crippen LogP contribution in [-0.4, -0.2) is 34.8 Å². The third kappa shape index (κ3) is 1.93. The van der Waals surface area contributed by atoms with E-state index in [0.717, 1.165) is 12.8 Å². The lowest BCUT2D eigenvalue weighted by Gasteiger charge is -2.31. The number of carbonyl (C=O) groups is 2. The van der Waals surface area contributed by atoms with Crippen molar-refractivity contribution in [3.63, 3.8) is 0 Å². The summed E-state index contributed by atoms with van der Waals surface area (Å²) in [4.78, 5) is 25.8. The Morgan fingerprint density at radius 1 is 1.38 bits per heavy atom. The molecule has 2 aliphatic rings. The van der Waals surface area contributed by atoms with Gasteiger partial charge in [-0.15, -0.1) is 0 Å². The second-order valence-electron chi connectivity index (χ2n) is 5.53. The Bertz CT molecular complexity index is 321. The Labute approximate surface area is 96.4 Å². The lowest BCUT2D eigenvalue weighted by atomic mass is 10.0. The molecule has 0 aromatic carbocycles. The Balaban J connectivity index is 2.20. The number of hydrogen-bond donors (Lipinski definition) is 1. The van der Waals surface area contributed by atoms with Crippen LogP contribution in [0.1, 0.15) is 40.0 Å². The Kier molecular flexibility index (Phi) is 2.68. The van der Waals surface area contributed by atoms with Gasteiger partial charge in [0.25, 0.3) is 0 Å². The molecular formula is C12H20N2O2. The van der Waals surface area contributed by atoms with Gasteiger partial charge in [0.05, 0.1) is 0 Å². The maximum Gasteiger partial charge on any atom is 0.245 e. The zero-order valence-corrected chi connectivity index (χ0v) is 10.2. The SMILES string of the molecule is CC(C)C1NC(=O)CCN(C2(C)CC2)C1=O. The van der Waals surface area contributed by atoms with Crippen molar-refractivity contribution >= 4 is 11.8 Å². The third-order valence-electron chi connectivity index (χ3n) is 3.70. The van der Waals surface area contributed by atoms with Crippen LogP contribution in [0.5, 0.6) is 0 Å². The first-order valence-electron chi connectivity index (χ1n) is 6.05. The molecule has 1 aliphatic carbocycles. The van der Waals surface area contributed by atoms with E-state index in [1.54, 1.807) is 0 Å². The minimum absolute atomic E-state index is 0.00111. The summed E-state index contributed by atoms with van der Waals surface area (Å²) in [5, 5.41) is 2.83. The molecule has 1 heterocycles. The first kappa shape index (κ1) is 11.4. The van der Waals surface area contributed by atoms with Crippen LogP contribution in [0.4, 0.5) is 0 Å². The first-order valence-corrected chi connectivity index (χ1v) is 6.05. The second-order valence-corrected chi connectivity index (χ2v) is 5.53. The average molecular weight is 224 g/mol. The normalized spacial score (nSPS) is 29.0. The van der Waals surface area contributed by atoms with E-state index in [1.165, 1.54) is 0 Å². The van der Waals surface area contributed by atoms with Crippen LogP contribution in [0.3, 0.4) is 0 Å². The molecule has 90 valence electrons. The van der Waals surface area contributed by atoms with Gasteiger partial charge in [-0.05, 0) is 25.7 Å². The van der Waals surface area contributed by atoms with Gasteiger partial charge >= 0.3 is 0 Å². The Hall–Kier alpha value is -1.06. The predicted octanol–water partition coefficient (Wildman–Crippen LogP) is 0.912. The average Bonchev–Trinajstić information content (AvgIpc) is 2.93. The monoisotopic (exact) mass is 224 g/mol. The quantitative estimate of drug-likeness (QED) is 0.758. The summed E-state index contributed by atoms with van der Waals surface area (Å²) in [7, 11) is 0. The molecule has 1 saturated carbocycles. The van der Waals surface area contributed by atoms with Crippen molar-refractivity contribution in [3.05, 3.63) is 0 Å². The van der Waals surface area contributed by atoms with Crippen LogP contribution >= 0.6 is 0 Å². The zero-order chi connectivity index (χ0) is 11.9. The third-order valence-corrected chi connectivity index (χ3v) is 3.70. The minimum Gasteiger partial charge on any atom is -0.344 e. The van der Waals surface area contributed by atoms with Crippen LogP contribution in [0.25, 0.3) is 0 Å². The molecule has 1 atom stereocenters. The summed E-state index contributed by atoms with van der Waals surface area (Å²) >= 11 is 0. The van der Waals surface area contributed by atoms with Crippen molar-refractivity contribution in [3.8, 4) is 0 Å². The molecule has 2 amide bonds. The number of amides is 2. The van der Waals surface area contributed by atoms with E-state index in [1.807, 2.05) is 18.7 Å². The van der Waals surface area contributed by atoms with Gasteiger partial charge in [-0.3, -0.25) is 9.59 Å². The van der Waals surface area contributed by atoms with Crippen LogP contribution in [-0.2, 0) is 9.59 Å². The highest BCUT2D eigenvalue weighted by molar-refractivity contribution is 5.90. The molecule has 1 N–H and O–H groups in total. The summed E-state index contributed by atoms with van der Waals surface area (Å²) in [6, 6.07) is -0.340. The maximum absolute atomic E-state index is 12.3. The summed E-state index contributed by atoms with van der Waals surface area (Å²) in [6.45, 7) is 6.63. The molecule has 16 heavy (non-hydrogen) atoms. The molecule has 1 aliphatic heterocycles. The molecule has 2 rings (SSSR count). The molecule has 4 nitrogen and oxygen atoms in total. The zero-order valence-electron chi connectivity index (χ0n) is 10.2. The van der Waals surface area contributed by atoms with Crippen LogP contribution in [0, 0.1) is 5.92 Å². The van der Waals surface area contributed by atoms with Crippen LogP contribution < -0.4 is 5.32 Å². The van der Waals surface area contributed by atoms with E-state index in [2.05, 4.69) is 12.2 Å². The number of carbonyl (C=O) groups excluding carboxylic acids is 2. The summed E-state index contributed by atoms with van der Waals surface area (Å²) in [6.07, 6.45) is 2.57. The van der Waals surface area contributed by atoms with Gasteiger partial charge in [0.2, 0.25) is 11.8 Å². The number of rotatable bonds is 2. The highest BCUT2D eigenvalue weighted by Gasteiger charge is 2.48. The highest BCUT2D eigenvalue weighted by atomic mass is 16.2. The topological polar surface area (TPSA) is 49.4 Å². The van der Waals surface area contributed by atoms with Gasteiger partial charge < -0.3 is 10.2 Å². The van der Waals surface area contributed by atoms with Crippen LogP contribution in [0.2, 0.25) is 0 Å². The lowest BCUT2D eigenvalue weighted by molar-refractivity contribution is -0.137. The molecule has 0 bridgehead atoms. The highest BCUT2D eigenvalue weighted by Crippen LogP contribution is 2.42. The fourth-order valence-electron chi connectivity index (χ4n) is 2.24. The van der Waals surface area contributed by atoms with Gasteiger partial charge in [0.15, 0.2) is 0 Å². The largest absolute Gasteiger partial charge is 0.344 e. The molecular weight excluding hydrogens is 204 g/mol. The fourth-order valence-corrected chi connectivity index (χ4v) is 2.24. The van der Waals surface area contributed by atoms with Gasteiger partial charge in [-0.2, -0.15) is 0 Å². The fraction of sp³-hybridized carbons (Fsp3) is 0.833. The smallest absolute Gasteiger partial charge is 0.245 e. The minimum atomic E-state index is -0.340. The van der Waals surface area contributed by atoms with E-state index >= 15 is 0 Å². The molecule has 0 spiro atoms. The molecule has 0 radical (unpaired) electrons. The molecule has 1 saturated heterocycles. The predicted molar refractivity (Wildman–Crippen MR) is 60.7 cm³/mol. The van der Waals surface area contributed by atoms with E-state index in [0.29, 0.717) is 13.0 Å². The number of hydrogen-bond acceptors (Lipinski definition) is 2. The van der Waals surface area contributed by atoms with Crippen molar-refractivity contribution in [2.45, 2.75) is 51.6 Å². The number of nitrogens with zero attached hydrogens (tertiary/aromatic N) is 1. The van der Waals surface area contributed by atoms with Gasteiger partial charge in [0, 0.05) is 18.5 Å². The molecule has 0 aromatic heterocycles. The molecule has 0 aromatic rings. The Morgan fingerprint density at radius 3 is 2.50 bits per heavy atom. The summed E-state index contributed by atoms with van der Waals surface area (Å²) < 4.78 is 0. The lowest BCUT2D eigenvalue weighted by Crippen LogP contribution is -2.50. The first-order chi connectivity index (χ1) is 7.44. The van der Waals surface area contributed by atoms with E-state index in [-0.39, 0.29) is 29.3 Å². The van der Waals surface area contributed by atoms with Crippen molar-refractivity contribution in [1.82, 2.24) is 10.2 Å². The van der Waals surface area contributed by atoms with Gasteiger partial charge in [0.1, 0.15) is 6.04 Å². The maximum atomic E-state index is 12.3. The van der Waals surface area contributed by atoms with Crippen molar-refractivity contribution in [1.29, 1.82) is 0 Å². The van der Waals surface area contributed by atoms with Crippen molar-refractivity contribution < 1.29 is 9.59 Å². The van der Waals surface area contributed by atoms with Crippen molar-refractivity contribution in [2.75, 3.05) is 6.54 Å². The Morgan fingerprint density at radius 2 is 2.00 bits per heavy atom. The van der Waals surface area contributed by atoms with Gasteiger partial charge in [-0.25, -0.2) is 0 Å². The standard InChI is InChI=1S/C12H20N2O2/c1-8(2)10-11(16)14(12(3)5-6-12)7-4-9(15)13-10/h8,10H,4-7H2,1-3H3,(H,13,15). The number of nitrogens with one attached hydrogen (secondary N) is 1.